The number of aromatic nitrogens is 1. The average molecular weight is 677 g/mol. The molecule has 5 rings (SSSR count). The Morgan fingerprint density at radius 3 is 2.16 bits per heavy atom. The van der Waals surface area contributed by atoms with Gasteiger partial charge < -0.3 is 29.9 Å². The fourth-order valence-electron chi connectivity index (χ4n) is 4.52. The van der Waals surface area contributed by atoms with Gasteiger partial charge in [0, 0.05) is 23.2 Å². The topological polar surface area (TPSA) is 107 Å². The van der Waals surface area contributed by atoms with E-state index in [2.05, 4.69) is 26.2 Å². The Bertz CT molecular complexity index is 1640. The molecule has 4 N–H and O–H groups in total. The van der Waals surface area contributed by atoms with Crippen molar-refractivity contribution >= 4 is 38.0 Å². The van der Waals surface area contributed by atoms with Crippen molar-refractivity contribution in [1.29, 1.82) is 0 Å². The maximum Gasteiger partial charge on any atom is 0.309 e. The molecule has 0 amide bonds. The van der Waals surface area contributed by atoms with Gasteiger partial charge in [-0.25, -0.2) is 0 Å². The van der Waals surface area contributed by atoms with Crippen LogP contribution in [0.4, 0.5) is 10.7 Å². The lowest BCUT2D eigenvalue weighted by Gasteiger charge is -2.23. The summed E-state index contributed by atoms with van der Waals surface area (Å²) in [6.45, 7) is 2.26. The number of rotatable bonds is 15. The van der Waals surface area contributed by atoms with Crippen molar-refractivity contribution < 1.29 is 19.7 Å². The number of H-pyrrole nitrogens is 1. The molecule has 8 nitrogen and oxygen atoms in total. The fraction of sp³-hybridized carbons (Fsp3) is 0.206. The van der Waals surface area contributed by atoms with Crippen molar-refractivity contribution in [1.82, 2.24) is 10.3 Å². The van der Waals surface area contributed by atoms with Crippen LogP contribution in [0.25, 0.3) is 0 Å². The highest BCUT2D eigenvalue weighted by Crippen LogP contribution is 2.36. The number of benzene rings is 4. The van der Waals surface area contributed by atoms with Gasteiger partial charge >= 0.3 is 4.87 Å². The minimum atomic E-state index is -0.653. The van der Waals surface area contributed by atoms with Gasteiger partial charge in [0.15, 0.2) is 5.00 Å². The van der Waals surface area contributed by atoms with E-state index in [4.69, 9.17) is 9.47 Å². The lowest BCUT2D eigenvalue weighted by atomic mass is 10.1. The number of aliphatic hydroxyl groups is 1. The van der Waals surface area contributed by atoms with Crippen molar-refractivity contribution in [2.24, 2.45) is 0 Å². The predicted octanol–water partition coefficient (Wildman–Crippen LogP) is 6.39. The summed E-state index contributed by atoms with van der Waals surface area (Å²) in [5, 5.41) is 24.5. The fourth-order valence-corrected chi connectivity index (χ4v) is 5.53. The molecule has 0 fully saturated rings. The maximum atomic E-state index is 11.9. The molecule has 0 bridgehead atoms. The number of aromatic amines is 1. The third-order valence-corrected chi connectivity index (χ3v) is 8.27. The predicted molar refractivity (Wildman–Crippen MR) is 178 cm³/mol. The molecule has 1 heterocycles. The Morgan fingerprint density at radius 1 is 0.841 bits per heavy atom. The number of nitrogens with zero attached hydrogens (tertiary/aromatic N) is 1. The smallest absolute Gasteiger partial charge is 0.309 e. The monoisotopic (exact) mass is 675 g/mol. The van der Waals surface area contributed by atoms with Gasteiger partial charge in [-0.15, -0.1) is 0 Å². The van der Waals surface area contributed by atoms with Crippen molar-refractivity contribution in [2.45, 2.75) is 25.7 Å². The van der Waals surface area contributed by atoms with E-state index in [0.29, 0.717) is 37.0 Å². The Balaban J connectivity index is 1.06. The highest BCUT2D eigenvalue weighted by Gasteiger charge is 2.18. The number of nitrogens with one attached hydrogen (secondary N) is 2. The van der Waals surface area contributed by atoms with E-state index in [1.165, 1.54) is 0 Å². The zero-order valence-electron chi connectivity index (χ0n) is 24.0. The van der Waals surface area contributed by atoms with Crippen LogP contribution in [0.3, 0.4) is 0 Å². The van der Waals surface area contributed by atoms with Crippen LogP contribution in [0.15, 0.2) is 112 Å². The van der Waals surface area contributed by atoms with Gasteiger partial charge in [-0.3, -0.25) is 9.78 Å². The molecule has 44 heavy (non-hydrogen) atoms. The lowest BCUT2D eigenvalue weighted by molar-refractivity contribution is 0.106. The van der Waals surface area contributed by atoms with E-state index in [9.17, 15) is 15.0 Å². The maximum absolute atomic E-state index is 11.9. The van der Waals surface area contributed by atoms with Crippen molar-refractivity contribution in [3.05, 3.63) is 134 Å². The summed E-state index contributed by atoms with van der Waals surface area (Å²) in [7, 11) is 0. The Morgan fingerprint density at radius 2 is 1.50 bits per heavy atom. The van der Waals surface area contributed by atoms with Crippen LogP contribution in [0.2, 0.25) is 0 Å². The first-order chi connectivity index (χ1) is 21.4. The summed E-state index contributed by atoms with van der Waals surface area (Å²) in [5.41, 5.74) is 4.12. The van der Waals surface area contributed by atoms with E-state index in [-0.39, 0.29) is 17.4 Å². The summed E-state index contributed by atoms with van der Waals surface area (Å²) >= 11 is 4.43. The van der Waals surface area contributed by atoms with Crippen LogP contribution < -0.4 is 24.6 Å². The SMILES string of the molecule is O=c1[nH]c(O)c(N(Cc2ccc(Br)cc2)c2ccc(CCNC[C@H](O)COc3ccc(OCc4ccccc4)cc3)cc2)s1. The Hall–Kier alpha value is -4.09. The Labute approximate surface area is 268 Å². The standard InChI is InChI=1S/C34H34BrN3O5S/c35-27-10-6-25(7-11-27)21-38(33-32(40)37-34(41)44-33)28-12-8-24(9-13-28)18-19-36-20-29(39)23-43-31-16-14-30(15-17-31)42-22-26-4-2-1-3-5-26/h1-17,29,36,39-40H,18-23H2,(H,37,41)/t29-/m0/s1. The zero-order chi connectivity index (χ0) is 30.7. The van der Waals surface area contributed by atoms with E-state index < -0.39 is 6.10 Å². The molecule has 0 saturated heterocycles. The van der Waals surface area contributed by atoms with Crippen molar-refractivity contribution in [3.63, 3.8) is 0 Å². The number of aliphatic hydroxyl groups excluding tert-OH is 1. The van der Waals surface area contributed by atoms with Crippen LogP contribution in [0.5, 0.6) is 17.4 Å². The molecule has 4 aromatic carbocycles. The molecular weight excluding hydrogens is 642 g/mol. The van der Waals surface area contributed by atoms with Crippen LogP contribution >= 0.6 is 27.3 Å². The molecule has 0 aliphatic carbocycles. The molecule has 0 aliphatic rings. The van der Waals surface area contributed by atoms with Gasteiger partial charge in [-0.2, -0.15) is 0 Å². The summed E-state index contributed by atoms with van der Waals surface area (Å²) in [4.78, 5) is 16.0. The summed E-state index contributed by atoms with van der Waals surface area (Å²) < 4.78 is 12.5. The molecule has 10 heteroatoms. The molecular formula is C34H34BrN3O5S. The van der Waals surface area contributed by atoms with Crippen LogP contribution in [-0.4, -0.2) is 41.0 Å². The first-order valence-corrected chi connectivity index (χ1v) is 15.9. The second-order valence-electron chi connectivity index (χ2n) is 10.2. The quantitative estimate of drug-likeness (QED) is 0.0953. The van der Waals surface area contributed by atoms with Gasteiger partial charge in [0.1, 0.15) is 30.8 Å². The molecule has 0 saturated carbocycles. The van der Waals surface area contributed by atoms with Crippen molar-refractivity contribution in [3.8, 4) is 17.4 Å². The number of hydrogen-bond acceptors (Lipinski definition) is 8. The molecule has 228 valence electrons. The summed E-state index contributed by atoms with van der Waals surface area (Å²) in [6.07, 6.45) is 0.119. The van der Waals surface area contributed by atoms with E-state index >= 15 is 0 Å². The third kappa shape index (κ3) is 9.20. The van der Waals surface area contributed by atoms with Gasteiger partial charge in [-0.1, -0.05) is 81.9 Å². The molecule has 0 spiro atoms. The molecule has 5 aromatic rings. The van der Waals surface area contributed by atoms with Crippen molar-refractivity contribution in [2.75, 3.05) is 24.6 Å². The number of thiazole rings is 1. The van der Waals surface area contributed by atoms with Gasteiger partial charge in [0.2, 0.25) is 5.88 Å². The highest BCUT2D eigenvalue weighted by molar-refractivity contribution is 9.10. The summed E-state index contributed by atoms with van der Waals surface area (Å²) in [6, 6.07) is 33.3. The van der Waals surface area contributed by atoms with Gasteiger partial charge in [0.05, 0.1) is 0 Å². The van der Waals surface area contributed by atoms with E-state index in [0.717, 1.165) is 50.4 Å². The molecule has 0 aliphatic heterocycles. The van der Waals surface area contributed by atoms with E-state index in [1.54, 1.807) is 0 Å². The summed E-state index contributed by atoms with van der Waals surface area (Å²) in [5.74, 6) is 1.29. The van der Waals surface area contributed by atoms with Crippen LogP contribution in [0, 0.1) is 0 Å². The molecule has 1 atom stereocenters. The third-order valence-electron chi connectivity index (χ3n) is 6.84. The lowest BCUT2D eigenvalue weighted by Crippen LogP contribution is -2.32. The van der Waals surface area contributed by atoms with Crippen LogP contribution in [-0.2, 0) is 19.6 Å². The molecule has 1 aromatic heterocycles. The second-order valence-corrected chi connectivity index (χ2v) is 12.1. The van der Waals surface area contributed by atoms with Gasteiger partial charge in [0.25, 0.3) is 0 Å². The first-order valence-electron chi connectivity index (χ1n) is 14.2. The number of hydrogen-bond donors (Lipinski definition) is 4. The first kappa shape index (κ1) is 31.3. The second kappa shape index (κ2) is 15.6. The normalized spacial score (nSPS) is 11.7. The van der Waals surface area contributed by atoms with Gasteiger partial charge in [-0.05, 0) is 78.2 Å². The highest BCUT2D eigenvalue weighted by atomic mass is 79.9. The number of ether oxygens (including phenoxy) is 2. The zero-order valence-corrected chi connectivity index (χ0v) is 26.4. The molecule has 0 radical (unpaired) electrons. The average Bonchev–Trinajstić information content (AvgIpc) is 3.39. The van der Waals surface area contributed by atoms with Crippen LogP contribution in [0.1, 0.15) is 16.7 Å². The minimum Gasteiger partial charge on any atom is -0.492 e. The number of aromatic hydroxyl groups is 1. The largest absolute Gasteiger partial charge is 0.492 e. The molecule has 0 unspecified atom stereocenters. The minimum absolute atomic E-state index is 0.141. The Kier molecular flexibility index (Phi) is 11.1. The number of anilines is 2. The van der Waals surface area contributed by atoms with E-state index in [1.807, 2.05) is 108 Å². The number of halogens is 1.